The van der Waals surface area contributed by atoms with E-state index < -0.39 is 12.1 Å². The number of amides is 1. The highest BCUT2D eigenvalue weighted by Gasteiger charge is 2.18. The molecule has 0 rings (SSSR count). The molecule has 3 N–H and O–H groups in total. The lowest BCUT2D eigenvalue weighted by Gasteiger charge is -2.20. The zero-order chi connectivity index (χ0) is 56.4. The molecule has 0 aromatic heterocycles. The maximum atomic E-state index is 12.5. The summed E-state index contributed by atoms with van der Waals surface area (Å²) in [5, 5.41) is 23.2. The van der Waals surface area contributed by atoms with E-state index in [1.807, 2.05) is 6.08 Å². The smallest absolute Gasteiger partial charge is 0.305 e. The minimum atomic E-state index is -0.841. The van der Waals surface area contributed by atoms with E-state index in [1.54, 1.807) is 6.08 Å². The molecule has 6 heteroatoms. The largest absolute Gasteiger partial charge is 0.466 e. The first kappa shape index (κ1) is 76.3. The normalized spacial score (nSPS) is 12.6. The van der Waals surface area contributed by atoms with Crippen molar-refractivity contribution >= 4 is 11.9 Å². The third-order valence-corrected chi connectivity index (χ3v) is 16.7. The molecular formula is C72H139NO5. The molecular weight excluding hydrogens is 959 g/mol. The molecule has 1 amide bonds. The van der Waals surface area contributed by atoms with E-state index in [9.17, 15) is 19.8 Å². The molecule has 0 spiro atoms. The summed E-state index contributed by atoms with van der Waals surface area (Å²) in [6.07, 6.45) is 85.5. The highest BCUT2D eigenvalue weighted by molar-refractivity contribution is 5.76. The quantitative estimate of drug-likeness (QED) is 0.0320. The van der Waals surface area contributed by atoms with Crippen LogP contribution in [-0.2, 0) is 14.3 Å². The van der Waals surface area contributed by atoms with Crippen LogP contribution in [0.5, 0.6) is 0 Å². The predicted octanol–water partition coefficient (Wildman–Crippen LogP) is 22.9. The molecule has 0 saturated heterocycles. The standard InChI is InChI=1S/C72H139NO5/c1-3-5-7-9-11-13-15-17-18-35-38-41-44-48-52-56-60-64-70(75)69(68-74)73-71(76)65-61-57-53-49-45-42-39-36-33-31-29-27-25-23-21-19-20-22-24-26-28-30-32-34-37-40-43-47-51-55-59-63-67-78-72(77)66-62-58-54-50-46-16-14-12-10-8-6-4-2/h12,14,60,64,69-70,74-75H,3-11,13,15-59,61-63,65-68H2,1-2H3,(H,73,76)/b14-12-,64-60+. The van der Waals surface area contributed by atoms with Crippen LogP contribution < -0.4 is 5.32 Å². The van der Waals surface area contributed by atoms with Gasteiger partial charge in [-0.2, -0.15) is 0 Å². The third kappa shape index (κ3) is 63.5. The number of unbranched alkanes of at least 4 members (excludes halogenated alkanes) is 54. The fourth-order valence-corrected chi connectivity index (χ4v) is 11.3. The first-order valence-electron chi connectivity index (χ1n) is 35.6. The molecule has 0 aromatic rings. The molecule has 0 aliphatic carbocycles. The van der Waals surface area contributed by atoms with Crippen molar-refractivity contribution in [1.82, 2.24) is 5.32 Å². The van der Waals surface area contributed by atoms with E-state index >= 15 is 0 Å². The number of carbonyl (C=O) groups is 2. The lowest BCUT2D eigenvalue weighted by Crippen LogP contribution is -2.45. The van der Waals surface area contributed by atoms with Crippen molar-refractivity contribution in [2.24, 2.45) is 0 Å². The summed E-state index contributed by atoms with van der Waals surface area (Å²) < 4.78 is 5.48. The van der Waals surface area contributed by atoms with E-state index in [0.29, 0.717) is 19.4 Å². The number of hydrogen-bond donors (Lipinski definition) is 3. The van der Waals surface area contributed by atoms with Gasteiger partial charge in [0.25, 0.3) is 0 Å². The van der Waals surface area contributed by atoms with Gasteiger partial charge in [-0.15, -0.1) is 0 Å². The van der Waals surface area contributed by atoms with Crippen LogP contribution in [0.3, 0.4) is 0 Å². The average Bonchev–Trinajstić information content (AvgIpc) is 3.44. The number of allylic oxidation sites excluding steroid dienone is 3. The van der Waals surface area contributed by atoms with Crippen LogP contribution in [0.2, 0.25) is 0 Å². The van der Waals surface area contributed by atoms with Crippen molar-refractivity contribution in [3.8, 4) is 0 Å². The number of aliphatic hydroxyl groups excluding tert-OH is 2. The summed E-state index contributed by atoms with van der Waals surface area (Å²) in [6, 6.07) is -0.624. The summed E-state index contributed by atoms with van der Waals surface area (Å²) >= 11 is 0. The highest BCUT2D eigenvalue weighted by atomic mass is 16.5. The van der Waals surface area contributed by atoms with Gasteiger partial charge in [-0.3, -0.25) is 9.59 Å². The molecule has 0 aliphatic rings. The molecule has 0 bridgehead atoms. The summed E-state index contributed by atoms with van der Waals surface area (Å²) in [5.41, 5.74) is 0. The summed E-state index contributed by atoms with van der Waals surface area (Å²) in [7, 11) is 0. The van der Waals surface area contributed by atoms with Gasteiger partial charge in [-0.1, -0.05) is 353 Å². The third-order valence-electron chi connectivity index (χ3n) is 16.7. The minimum Gasteiger partial charge on any atom is -0.466 e. The maximum absolute atomic E-state index is 12.5. The second kappa shape index (κ2) is 67.8. The van der Waals surface area contributed by atoms with Crippen LogP contribution in [0.1, 0.15) is 399 Å². The van der Waals surface area contributed by atoms with Gasteiger partial charge in [0, 0.05) is 12.8 Å². The summed E-state index contributed by atoms with van der Waals surface area (Å²) in [4.78, 5) is 24.5. The number of esters is 1. The first-order valence-corrected chi connectivity index (χ1v) is 35.6. The van der Waals surface area contributed by atoms with Gasteiger partial charge < -0.3 is 20.3 Å². The Morgan fingerprint density at radius 1 is 0.346 bits per heavy atom. The molecule has 78 heavy (non-hydrogen) atoms. The van der Waals surface area contributed by atoms with Crippen molar-refractivity contribution in [3.63, 3.8) is 0 Å². The molecule has 0 aliphatic heterocycles. The zero-order valence-electron chi connectivity index (χ0n) is 52.9. The van der Waals surface area contributed by atoms with Gasteiger partial charge in [0.2, 0.25) is 5.91 Å². The van der Waals surface area contributed by atoms with Crippen molar-refractivity contribution in [2.75, 3.05) is 13.2 Å². The van der Waals surface area contributed by atoms with Crippen LogP contribution in [0.4, 0.5) is 0 Å². The SMILES string of the molecule is CCCCC/C=C\CCCCCCCC(=O)OCCCCCCCCCCCCCCCCCCCCCCCCCCCCCCCCCCC(=O)NC(CO)C(O)/C=C/CCCCCCCCCCCCCCCCC. The zero-order valence-corrected chi connectivity index (χ0v) is 52.9. The van der Waals surface area contributed by atoms with Crippen molar-refractivity contribution in [3.05, 3.63) is 24.3 Å². The maximum Gasteiger partial charge on any atom is 0.305 e. The monoisotopic (exact) mass is 1100 g/mol. The van der Waals surface area contributed by atoms with E-state index in [1.165, 1.54) is 327 Å². The summed E-state index contributed by atoms with van der Waals surface area (Å²) in [6.45, 7) is 4.91. The molecule has 0 fully saturated rings. The predicted molar refractivity (Wildman–Crippen MR) is 343 cm³/mol. The van der Waals surface area contributed by atoms with Gasteiger partial charge in [0.1, 0.15) is 0 Å². The minimum absolute atomic E-state index is 0.0113. The number of hydrogen-bond acceptors (Lipinski definition) is 5. The van der Waals surface area contributed by atoms with Crippen molar-refractivity contribution in [2.45, 2.75) is 411 Å². The average molecular weight is 1100 g/mol. The number of aliphatic hydroxyl groups is 2. The Hall–Kier alpha value is -1.66. The Balaban J connectivity index is 3.34. The van der Waals surface area contributed by atoms with E-state index in [0.717, 1.165) is 44.9 Å². The van der Waals surface area contributed by atoms with Crippen LogP contribution in [0.25, 0.3) is 0 Å². The highest BCUT2D eigenvalue weighted by Crippen LogP contribution is 2.19. The van der Waals surface area contributed by atoms with Crippen molar-refractivity contribution in [1.29, 1.82) is 0 Å². The molecule has 0 aromatic carbocycles. The molecule has 0 saturated carbocycles. The van der Waals surface area contributed by atoms with Gasteiger partial charge in [0.05, 0.1) is 25.4 Å². The number of nitrogens with one attached hydrogen (secondary N) is 1. The molecule has 0 radical (unpaired) electrons. The fourth-order valence-electron chi connectivity index (χ4n) is 11.3. The number of carbonyl (C=O) groups excluding carboxylic acids is 2. The topological polar surface area (TPSA) is 95.9 Å². The molecule has 2 unspecified atom stereocenters. The van der Waals surface area contributed by atoms with E-state index in [-0.39, 0.29) is 18.5 Å². The lowest BCUT2D eigenvalue weighted by atomic mass is 10.0. The summed E-state index contributed by atoms with van der Waals surface area (Å²) in [5.74, 6) is -0.0489. The van der Waals surface area contributed by atoms with Crippen LogP contribution in [0.15, 0.2) is 24.3 Å². The molecule has 2 atom stereocenters. The Labute approximate surface area is 488 Å². The number of ether oxygens (including phenoxy) is 1. The fraction of sp³-hybridized carbons (Fsp3) is 0.917. The van der Waals surface area contributed by atoms with Gasteiger partial charge in [-0.05, 0) is 57.8 Å². The lowest BCUT2D eigenvalue weighted by molar-refractivity contribution is -0.143. The second-order valence-electron chi connectivity index (χ2n) is 24.6. The Morgan fingerprint density at radius 3 is 0.936 bits per heavy atom. The second-order valence-corrected chi connectivity index (χ2v) is 24.6. The molecule has 0 heterocycles. The van der Waals surface area contributed by atoms with Gasteiger partial charge >= 0.3 is 5.97 Å². The van der Waals surface area contributed by atoms with Crippen LogP contribution in [-0.4, -0.2) is 47.4 Å². The van der Waals surface area contributed by atoms with E-state index in [2.05, 4.69) is 31.3 Å². The molecule has 462 valence electrons. The van der Waals surface area contributed by atoms with Crippen LogP contribution in [0, 0.1) is 0 Å². The Kier molecular flexibility index (Phi) is 66.4. The van der Waals surface area contributed by atoms with Gasteiger partial charge in [0.15, 0.2) is 0 Å². The van der Waals surface area contributed by atoms with Gasteiger partial charge in [-0.25, -0.2) is 0 Å². The molecule has 6 nitrogen and oxygen atoms in total. The number of rotatable bonds is 67. The van der Waals surface area contributed by atoms with Crippen molar-refractivity contribution < 1.29 is 24.5 Å². The first-order chi connectivity index (χ1) is 38.5. The Bertz CT molecular complexity index is 1220. The van der Waals surface area contributed by atoms with Crippen LogP contribution >= 0.6 is 0 Å². The van der Waals surface area contributed by atoms with E-state index in [4.69, 9.17) is 4.74 Å². The Morgan fingerprint density at radius 2 is 0.603 bits per heavy atom.